The SMILES string of the molecule is COc1cccc2ccc(=O)n(CC(=O)ONC(=O)c3ccc(C(C)(C)C)cc3)c12. The van der Waals surface area contributed by atoms with Gasteiger partial charge in [-0.3, -0.25) is 14.2 Å². The van der Waals surface area contributed by atoms with Crippen molar-refractivity contribution in [3.63, 3.8) is 0 Å². The minimum absolute atomic E-state index is 0.0335. The second-order valence-corrected chi connectivity index (χ2v) is 7.89. The van der Waals surface area contributed by atoms with Crippen molar-refractivity contribution in [2.75, 3.05) is 7.11 Å². The van der Waals surface area contributed by atoms with Crippen LogP contribution in [0, 0.1) is 0 Å². The van der Waals surface area contributed by atoms with E-state index in [0.717, 1.165) is 10.9 Å². The molecular weight excluding hydrogens is 384 g/mol. The molecule has 1 aromatic heterocycles. The van der Waals surface area contributed by atoms with Crippen molar-refractivity contribution in [3.8, 4) is 5.75 Å². The lowest BCUT2D eigenvalue weighted by Crippen LogP contribution is -2.31. The average molecular weight is 408 g/mol. The van der Waals surface area contributed by atoms with Gasteiger partial charge in [-0.25, -0.2) is 4.79 Å². The fourth-order valence-electron chi connectivity index (χ4n) is 3.09. The highest BCUT2D eigenvalue weighted by molar-refractivity contribution is 5.94. The molecule has 0 spiro atoms. The Morgan fingerprint density at radius 1 is 1.00 bits per heavy atom. The molecule has 0 aliphatic rings. The number of amides is 1. The standard InChI is InChI=1S/C23H24N2O5/c1-23(2,3)17-11-8-16(9-12-17)22(28)24-30-20(27)14-25-19(26)13-10-15-6-5-7-18(29-4)21(15)25/h5-13H,14H2,1-4H3,(H,24,28). The van der Waals surface area contributed by atoms with Crippen LogP contribution in [0.4, 0.5) is 0 Å². The highest BCUT2D eigenvalue weighted by Crippen LogP contribution is 2.24. The Kier molecular flexibility index (Phi) is 5.91. The second kappa shape index (κ2) is 8.41. The third kappa shape index (κ3) is 4.51. The van der Waals surface area contributed by atoms with Gasteiger partial charge in [0.25, 0.3) is 11.5 Å². The summed E-state index contributed by atoms with van der Waals surface area (Å²) in [5.41, 5.74) is 3.65. The number of hydrogen-bond acceptors (Lipinski definition) is 5. The van der Waals surface area contributed by atoms with Crippen molar-refractivity contribution >= 4 is 22.8 Å². The van der Waals surface area contributed by atoms with E-state index in [9.17, 15) is 14.4 Å². The van der Waals surface area contributed by atoms with E-state index in [2.05, 4.69) is 26.3 Å². The minimum atomic E-state index is -0.782. The summed E-state index contributed by atoms with van der Waals surface area (Å²) < 4.78 is 6.56. The lowest BCUT2D eigenvalue weighted by Gasteiger charge is -2.19. The van der Waals surface area contributed by atoms with E-state index in [-0.39, 0.29) is 17.5 Å². The van der Waals surface area contributed by atoms with Gasteiger partial charge in [-0.05, 0) is 35.2 Å². The second-order valence-electron chi connectivity index (χ2n) is 7.89. The number of benzene rings is 2. The number of hydrogen-bond donors (Lipinski definition) is 1. The van der Waals surface area contributed by atoms with Gasteiger partial charge in [-0.2, -0.15) is 5.48 Å². The lowest BCUT2D eigenvalue weighted by molar-refractivity contribution is -0.149. The largest absolute Gasteiger partial charge is 0.495 e. The Hall–Kier alpha value is -3.61. The first-order valence-corrected chi connectivity index (χ1v) is 9.48. The predicted octanol–water partition coefficient (Wildman–Crippen LogP) is 3.20. The summed E-state index contributed by atoms with van der Waals surface area (Å²) in [6.07, 6.45) is 0. The Bertz CT molecular complexity index is 1140. The Balaban J connectivity index is 1.72. The van der Waals surface area contributed by atoms with Crippen LogP contribution in [0.25, 0.3) is 10.9 Å². The first kappa shape index (κ1) is 21.1. The molecule has 7 heteroatoms. The molecule has 0 fully saturated rings. The summed E-state index contributed by atoms with van der Waals surface area (Å²) in [5, 5.41) is 0.740. The quantitative estimate of drug-likeness (QED) is 0.670. The number of para-hydroxylation sites is 1. The molecule has 0 bridgehead atoms. The molecule has 1 heterocycles. The number of methoxy groups -OCH3 is 1. The zero-order chi connectivity index (χ0) is 21.9. The summed E-state index contributed by atoms with van der Waals surface area (Å²) in [6.45, 7) is 5.86. The molecule has 1 amide bonds. The van der Waals surface area contributed by atoms with Crippen LogP contribution in [0.1, 0.15) is 36.7 Å². The summed E-state index contributed by atoms with van der Waals surface area (Å²) in [4.78, 5) is 41.8. The lowest BCUT2D eigenvalue weighted by atomic mass is 9.87. The molecule has 0 saturated carbocycles. The van der Waals surface area contributed by atoms with Gasteiger partial charge in [-0.1, -0.05) is 45.0 Å². The van der Waals surface area contributed by atoms with Crippen LogP contribution in [0.5, 0.6) is 5.75 Å². The summed E-state index contributed by atoms with van der Waals surface area (Å²) in [5.74, 6) is -0.872. The molecule has 3 rings (SSSR count). The molecule has 0 atom stereocenters. The monoisotopic (exact) mass is 408 g/mol. The van der Waals surface area contributed by atoms with Crippen molar-refractivity contribution in [2.45, 2.75) is 32.7 Å². The van der Waals surface area contributed by atoms with E-state index in [1.165, 1.54) is 17.7 Å². The molecule has 3 aromatic rings. The maximum atomic E-state index is 12.3. The topological polar surface area (TPSA) is 86.6 Å². The van der Waals surface area contributed by atoms with E-state index in [0.29, 0.717) is 16.8 Å². The van der Waals surface area contributed by atoms with E-state index < -0.39 is 11.9 Å². The number of aromatic nitrogens is 1. The zero-order valence-corrected chi connectivity index (χ0v) is 17.4. The summed E-state index contributed by atoms with van der Waals surface area (Å²) >= 11 is 0. The third-order valence-electron chi connectivity index (χ3n) is 4.75. The fraction of sp³-hybridized carbons (Fsp3) is 0.261. The van der Waals surface area contributed by atoms with Gasteiger partial charge >= 0.3 is 5.97 Å². The highest BCUT2D eigenvalue weighted by atomic mass is 16.7. The van der Waals surface area contributed by atoms with Gasteiger partial charge in [-0.15, -0.1) is 0 Å². The zero-order valence-electron chi connectivity index (χ0n) is 17.4. The molecule has 0 radical (unpaired) electrons. The normalized spacial score (nSPS) is 11.2. The van der Waals surface area contributed by atoms with Gasteiger partial charge in [0.05, 0.1) is 12.6 Å². The molecule has 0 saturated heterocycles. The van der Waals surface area contributed by atoms with Crippen LogP contribution in [-0.2, 0) is 21.6 Å². The number of pyridine rings is 1. The van der Waals surface area contributed by atoms with Crippen LogP contribution in [0.15, 0.2) is 59.4 Å². The Labute approximate surface area is 174 Å². The van der Waals surface area contributed by atoms with Gasteiger partial charge in [0, 0.05) is 17.0 Å². The van der Waals surface area contributed by atoms with Crippen molar-refractivity contribution in [2.24, 2.45) is 0 Å². The first-order chi connectivity index (χ1) is 14.2. The molecule has 7 nitrogen and oxygen atoms in total. The maximum absolute atomic E-state index is 12.3. The Morgan fingerprint density at radius 3 is 2.33 bits per heavy atom. The summed E-state index contributed by atoms with van der Waals surface area (Å²) in [6, 6.07) is 15.4. The van der Waals surface area contributed by atoms with E-state index in [1.807, 2.05) is 18.2 Å². The van der Waals surface area contributed by atoms with E-state index in [1.54, 1.807) is 30.3 Å². The molecular formula is C23H24N2O5. The molecule has 2 aromatic carbocycles. The Morgan fingerprint density at radius 2 is 1.70 bits per heavy atom. The van der Waals surface area contributed by atoms with E-state index >= 15 is 0 Å². The van der Waals surface area contributed by atoms with Crippen LogP contribution < -0.4 is 15.8 Å². The highest BCUT2D eigenvalue weighted by Gasteiger charge is 2.16. The number of ether oxygens (including phenoxy) is 1. The van der Waals surface area contributed by atoms with Gasteiger partial charge < -0.3 is 9.57 Å². The predicted molar refractivity (Wildman–Crippen MR) is 113 cm³/mol. The maximum Gasteiger partial charge on any atom is 0.351 e. The molecule has 0 aliphatic heterocycles. The molecule has 0 aliphatic carbocycles. The fourth-order valence-corrected chi connectivity index (χ4v) is 3.09. The minimum Gasteiger partial charge on any atom is -0.495 e. The third-order valence-corrected chi connectivity index (χ3v) is 4.75. The number of carbonyl (C=O) groups is 2. The number of carbonyl (C=O) groups excluding carboxylic acids is 2. The van der Waals surface area contributed by atoms with Crippen molar-refractivity contribution < 1.29 is 19.2 Å². The van der Waals surface area contributed by atoms with Crippen LogP contribution in [0.2, 0.25) is 0 Å². The molecule has 0 unspecified atom stereocenters. The van der Waals surface area contributed by atoms with Crippen molar-refractivity contribution in [3.05, 3.63) is 76.1 Å². The smallest absolute Gasteiger partial charge is 0.351 e. The van der Waals surface area contributed by atoms with Gasteiger partial charge in [0.1, 0.15) is 12.3 Å². The van der Waals surface area contributed by atoms with Gasteiger partial charge in [0.2, 0.25) is 0 Å². The molecule has 30 heavy (non-hydrogen) atoms. The average Bonchev–Trinajstić information content (AvgIpc) is 2.73. The number of nitrogens with zero attached hydrogens (tertiary/aromatic N) is 1. The first-order valence-electron chi connectivity index (χ1n) is 9.48. The number of rotatable bonds is 4. The van der Waals surface area contributed by atoms with Crippen molar-refractivity contribution in [1.82, 2.24) is 10.0 Å². The van der Waals surface area contributed by atoms with Gasteiger partial charge in [0.15, 0.2) is 0 Å². The van der Waals surface area contributed by atoms with Crippen LogP contribution in [0.3, 0.4) is 0 Å². The number of fused-ring (bicyclic) bond motifs is 1. The van der Waals surface area contributed by atoms with Crippen LogP contribution >= 0.6 is 0 Å². The van der Waals surface area contributed by atoms with Crippen molar-refractivity contribution in [1.29, 1.82) is 0 Å². The molecule has 156 valence electrons. The van der Waals surface area contributed by atoms with Crippen LogP contribution in [-0.4, -0.2) is 23.6 Å². The summed E-state index contributed by atoms with van der Waals surface area (Å²) in [7, 11) is 1.49. The van der Waals surface area contributed by atoms with E-state index in [4.69, 9.17) is 9.57 Å². The molecule has 1 N–H and O–H groups in total. The number of nitrogens with one attached hydrogen (secondary N) is 1. The number of hydroxylamine groups is 1.